The van der Waals surface area contributed by atoms with Crippen LogP contribution in [0.1, 0.15) is 47.5 Å². The van der Waals surface area contributed by atoms with E-state index in [2.05, 4.69) is 18.8 Å². The van der Waals surface area contributed by atoms with E-state index in [0.29, 0.717) is 12.0 Å². The number of aliphatic hydroxyl groups excluding tert-OH is 1. The van der Waals surface area contributed by atoms with Crippen molar-refractivity contribution in [1.82, 2.24) is 4.98 Å². The van der Waals surface area contributed by atoms with Crippen LogP contribution in [0.4, 0.5) is 4.39 Å². The van der Waals surface area contributed by atoms with Crippen molar-refractivity contribution in [3.8, 4) is 0 Å². The summed E-state index contributed by atoms with van der Waals surface area (Å²) in [5.41, 5.74) is 1.56. The second-order valence-electron chi connectivity index (χ2n) is 6.37. The number of hydrogen-bond donors (Lipinski definition) is 1. The lowest BCUT2D eigenvalue weighted by atomic mass is 9.77. The van der Waals surface area contributed by atoms with Crippen LogP contribution >= 0.6 is 22.9 Å². The first-order valence-corrected chi connectivity index (χ1v) is 8.14. The van der Waals surface area contributed by atoms with E-state index in [4.69, 9.17) is 11.6 Å². The summed E-state index contributed by atoms with van der Waals surface area (Å²) < 4.78 is 14.0. The Morgan fingerprint density at radius 2 is 2.24 bits per heavy atom. The van der Waals surface area contributed by atoms with Crippen LogP contribution in [-0.2, 0) is 12.8 Å². The molecule has 3 rings (SSSR count). The molecule has 0 spiro atoms. The third-order valence-electron chi connectivity index (χ3n) is 3.84. The Morgan fingerprint density at radius 1 is 1.48 bits per heavy atom. The van der Waals surface area contributed by atoms with Crippen LogP contribution in [0.3, 0.4) is 0 Å². The minimum Gasteiger partial charge on any atom is -0.387 e. The molecule has 2 nitrogen and oxygen atoms in total. The fourth-order valence-corrected chi connectivity index (χ4v) is 4.15. The Morgan fingerprint density at radius 3 is 3.00 bits per heavy atom. The van der Waals surface area contributed by atoms with Gasteiger partial charge < -0.3 is 5.11 Å². The molecule has 1 aliphatic rings. The minimum atomic E-state index is -0.459. The molecule has 0 amide bonds. The number of nitrogens with zero attached hydrogens (tertiary/aromatic N) is 1. The number of thiazole rings is 1. The van der Waals surface area contributed by atoms with E-state index < -0.39 is 6.10 Å². The number of fused-ring (bicyclic) bond motifs is 1. The van der Waals surface area contributed by atoms with Crippen LogP contribution in [0.2, 0.25) is 5.02 Å². The molecule has 2 aromatic rings. The standard InChI is InChI=1S/C16H17ClFNOS/c1-16(2)7-11-15(12(20)8-16)21-13(19-11)6-9-4-3-5-10(17)14(9)18/h3-5,12,20H,6-8H2,1-2H3. The normalized spacial score (nSPS) is 20.3. The molecule has 0 radical (unpaired) electrons. The fourth-order valence-electron chi connectivity index (χ4n) is 2.87. The van der Waals surface area contributed by atoms with Crippen molar-refractivity contribution < 1.29 is 9.50 Å². The number of benzene rings is 1. The average molecular weight is 326 g/mol. The number of aromatic nitrogens is 1. The van der Waals surface area contributed by atoms with Gasteiger partial charge in [-0.3, -0.25) is 0 Å². The summed E-state index contributed by atoms with van der Waals surface area (Å²) in [7, 11) is 0. The van der Waals surface area contributed by atoms with E-state index in [1.807, 2.05) is 0 Å². The Hall–Kier alpha value is -0.970. The van der Waals surface area contributed by atoms with Crippen LogP contribution in [0.15, 0.2) is 18.2 Å². The number of aliphatic hydroxyl groups is 1. The zero-order valence-corrected chi connectivity index (χ0v) is 13.6. The molecule has 0 bridgehead atoms. The van der Waals surface area contributed by atoms with Crippen molar-refractivity contribution in [2.24, 2.45) is 5.41 Å². The van der Waals surface area contributed by atoms with Gasteiger partial charge >= 0.3 is 0 Å². The minimum absolute atomic E-state index is 0.0546. The monoisotopic (exact) mass is 325 g/mol. The van der Waals surface area contributed by atoms with Crippen LogP contribution in [-0.4, -0.2) is 10.1 Å². The molecule has 1 aromatic carbocycles. The maximum atomic E-state index is 14.0. The summed E-state index contributed by atoms with van der Waals surface area (Å²) in [6, 6.07) is 5.01. The largest absolute Gasteiger partial charge is 0.387 e. The van der Waals surface area contributed by atoms with Crippen LogP contribution in [0.5, 0.6) is 0 Å². The van der Waals surface area contributed by atoms with Gasteiger partial charge in [0.2, 0.25) is 0 Å². The first kappa shape index (κ1) is 14.9. The molecule has 21 heavy (non-hydrogen) atoms. The summed E-state index contributed by atoms with van der Waals surface area (Å²) in [6.07, 6.45) is 1.55. The predicted molar refractivity (Wildman–Crippen MR) is 83.4 cm³/mol. The molecule has 1 N–H and O–H groups in total. The van der Waals surface area contributed by atoms with Crippen molar-refractivity contribution in [2.75, 3.05) is 0 Å². The van der Waals surface area contributed by atoms with Gasteiger partial charge in [0, 0.05) is 6.42 Å². The second kappa shape index (κ2) is 5.34. The maximum absolute atomic E-state index is 14.0. The van der Waals surface area contributed by atoms with Crippen LogP contribution in [0.25, 0.3) is 0 Å². The maximum Gasteiger partial charge on any atom is 0.145 e. The Kier molecular flexibility index (Phi) is 3.80. The summed E-state index contributed by atoms with van der Waals surface area (Å²) in [6.45, 7) is 4.27. The first-order valence-electron chi connectivity index (χ1n) is 6.95. The summed E-state index contributed by atoms with van der Waals surface area (Å²) in [5, 5.41) is 11.2. The van der Waals surface area contributed by atoms with Gasteiger partial charge in [0.25, 0.3) is 0 Å². The quantitative estimate of drug-likeness (QED) is 0.879. The third kappa shape index (κ3) is 2.98. The number of halogens is 2. The lowest BCUT2D eigenvalue weighted by molar-refractivity contribution is 0.102. The fraction of sp³-hybridized carbons (Fsp3) is 0.438. The number of hydrogen-bond acceptors (Lipinski definition) is 3. The van der Waals surface area contributed by atoms with Gasteiger partial charge in [-0.15, -0.1) is 11.3 Å². The molecule has 1 atom stereocenters. The van der Waals surface area contributed by atoms with Crippen molar-refractivity contribution >= 4 is 22.9 Å². The lowest BCUT2D eigenvalue weighted by Crippen LogP contribution is -2.24. The van der Waals surface area contributed by atoms with Crippen molar-refractivity contribution in [2.45, 2.75) is 39.2 Å². The van der Waals surface area contributed by atoms with Crippen molar-refractivity contribution in [3.05, 3.63) is 50.2 Å². The van der Waals surface area contributed by atoms with E-state index in [-0.39, 0.29) is 16.3 Å². The van der Waals surface area contributed by atoms with Crippen molar-refractivity contribution in [3.63, 3.8) is 0 Å². The molecule has 1 heterocycles. The second-order valence-corrected chi connectivity index (χ2v) is 7.89. The SMILES string of the molecule is CC1(C)Cc2nc(Cc3cccc(Cl)c3F)sc2C(O)C1. The molecule has 1 unspecified atom stereocenters. The molecule has 0 fully saturated rings. The Balaban J connectivity index is 1.90. The lowest BCUT2D eigenvalue weighted by Gasteiger charge is -2.31. The van der Waals surface area contributed by atoms with E-state index in [1.165, 1.54) is 11.3 Å². The Labute approximate surface area is 132 Å². The van der Waals surface area contributed by atoms with Crippen LogP contribution < -0.4 is 0 Å². The molecular weight excluding hydrogens is 309 g/mol. The summed E-state index contributed by atoms with van der Waals surface area (Å²) in [4.78, 5) is 5.55. The highest BCUT2D eigenvalue weighted by Crippen LogP contribution is 2.43. The van der Waals surface area contributed by atoms with Gasteiger partial charge in [-0.1, -0.05) is 37.6 Å². The van der Waals surface area contributed by atoms with E-state index >= 15 is 0 Å². The molecule has 112 valence electrons. The predicted octanol–water partition coefficient (Wildman–Crippen LogP) is 4.53. The van der Waals surface area contributed by atoms with E-state index in [9.17, 15) is 9.50 Å². The highest BCUT2D eigenvalue weighted by atomic mass is 35.5. The van der Waals surface area contributed by atoms with Gasteiger partial charge in [-0.05, 0) is 29.9 Å². The van der Waals surface area contributed by atoms with Crippen LogP contribution in [0, 0.1) is 11.2 Å². The molecule has 1 aromatic heterocycles. The molecule has 0 aliphatic heterocycles. The molecule has 1 aliphatic carbocycles. The summed E-state index contributed by atoms with van der Waals surface area (Å²) >= 11 is 7.29. The summed E-state index contributed by atoms with van der Waals surface area (Å²) in [5.74, 6) is -0.381. The highest BCUT2D eigenvalue weighted by Gasteiger charge is 2.34. The molecular formula is C16H17ClFNOS. The van der Waals surface area contributed by atoms with Gasteiger partial charge in [0.05, 0.1) is 26.7 Å². The first-order chi connectivity index (χ1) is 9.85. The smallest absolute Gasteiger partial charge is 0.145 e. The van der Waals surface area contributed by atoms with Gasteiger partial charge in [0.1, 0.15) is 5.82 Å². The highest BCUT2D eigenvalue weighted by molar-refractivity contribution is 7.11. The number of rotatable bonds is 2. The zero-order valence-electron chi connectivity index (χ0n) is 12.0. The third-order valence-corrected chi connectivity index (χ3v) is 5.33. The van der Waals surface area contributed by atoms with Gasteiger partial charge in [-0.2, -0.15) is 0 Å². The molecule has 0 saturated carbocycles. The Bertz CT molecular complexity index is 683. The van der Waals surface area contributed by atoms with Crippen molar-refractivity contribution in [1.29, 1.82) is 0 Å². The molecule has 5 heteroatoms. The van der Waals surface area contributed by atoms with E-state index in [1.54, 1.807) is 18.2 Å². The zero-order chi connectivity index (χ0) is 15.2. The average Bonchev–Trinajstić information content (AvgIpc) is 2.76. The van der Waals surface area contributed by atoms with E-state index in [0.717, 1.165) is 28.4 Å². The van der Waals surface area contributed by atoms with Gasteiger partial charge in [0.15, 0.2) is 0 Å². The topological polar surface area (TPSA) is 33.1 Å². The van der Waals surface area contributed by atoms with Gasteiger partial charge in [-0.25, -0.2) is 9.37 Å². The molecule has 0 saturated heterocycles.